The molecule has 0 aliphatic heterocycles. The van der Waals surface area contributed by atoms with E-state index in [1.807, 2.05) is 13.8 Å². The minimum atomic E-state index is -2.52. The third-order valence-corrected chi connectivity index (χ3v) is 8.01. The second-order valence-corrected chi connectivity index (χ2v) is 11.3. The lowest BCUT2D eigenvalue weighted by Crippen LogP contribution is -2.43. The summed E-state index contributed by atoms with van der Waals surface area (Å²) in [6.07, 6.45) is 0. The van der Waals surface area contributed by atoms with Gasteiger partial charge in [-0.15, -0.1) is 0 Å². The molecule has 0 aromatic heterocycles. The zero-order valence-electron chi connectivity index (χ0n) is 15.9. The maximum atomic E-state index is 12.2. The molecule has 0 unspecified atom stereocenters. The molecule has 0 saturated carbocycles. The van der Waals surface area contributed by atoms with Gasteiger partial charge in [0.25, 0.3) is 0 Å². The molecule has 0 amide bonds. The number of ether oxygens (including phenoxy) is 1. The largest absolute Gasteiger partial charge is 0.500 e. The van der Waals surface area contributed by atoms with Crippen molar-refractivity contribution in [1.82, 2.24) is 0 Å². The summed E-state index contributed by atoms with van der Waals surface area (Å²) in [4.78, 5) is 12.2. The van der Waals surface area contributed by atoms with Crippen LogP contribution < -0.4 is 0 Å². The fourth-order valence-corrected chi connectivity index (χ4v) is 5.21. The highest BCUT2D eigenvalue weighted by molar-refractivity contribution is 7.99. The predicted molar refractivity (Wildman–Crippen MR) is 96.6 cm³/mol. The van der Waals surface area contributed by atoms with Crippen molar-refractivity contribution < 1.29 is 27.3 Å². The molecule has 0 aromatic carbocycles. The monoisotopic (exact) mass is 368 g/mol. The molecule has 0 radical (unpaired) electrons. The first kappa shape index (κ1) is 22.9. The lowest BCUT2D eigenvalue weighted by Gasteiger charge is -2.27. The Morgan fingerprint density at radius 1 is 1.09 bits per heavy atom. The van der Waals surface area contributed by atoms with E-state index in [4.69, 9.17) is 18.0 Å². The number of hydrogen-bond donors (Lipinski definition) is 0. The van der Waals surface area contributed by atoms with Crippen molar-refractivity contribution in [2.75, 3.05) is 67.1 Å². The summed E-state index contributed by atoms with van der Waals surface area (Å²) in [5.41, 5.74) is -0.507. The molecule has 0 aliphatic carbocycles. The number of hydrogen-bond acceptors (Lipinski definition) is 6. The van der Waals surface area contributed by atoms with Gasteiger partial charge in [0, 0.05) is 33.1 Å². The Bertz CT molecular complexity index is 348. The maximum Gasteiger partial charge on any atom is 0.500 e. The van der Waals surface area contributed by atoms with Gasteiger partial charge >= 0.3 is 14.8 Å². The lowest BCUT2D eigenvalue weighted by atomic mass is 9.97. The first-order valence-corrected chi connectivity index (χ1v) is 10.8. The molecule has 0 aliphatic rings. The van der Waals surface area contributed by atoms with Gasteiger partial charge in [0.2, 0.25) is 0 Å². The molecular formula is C15H34NO5SSi+. The van der Waals surface area contributed by atoms with Crippen molar-refractivity contribution in [3.05, 3.63) is 0 Å². The Morgan fingerprint density at radius 2 is 1.61 bits per heavy atom. The third kappa shape index (κ3) is 9.07. The lowest BCUT2D eigenvalue weighted by molar-refractivity contribution is -0.870. The molecule has 0 saturated heterocycles. The number of carbonyl (C=O) groups is 1. The van der Waals surface area contributed by atoms with E-state index in [1.54, 1.807) is 33.1 Å². The van der Waals surface area contributed by atoms with Crippen LogP contribution in [0.4, 0.5) is 0 Å². The fraction of sp³-hybridized carbons (Fsp3) is 0.933. The van der Waals surface area contributed by atoms with Crippen molar-refractivity contribution in [3.63, 3.8) is 0 Å². The minimum absolute atomic E-state index is 0.146. The molecule has 0 N–H and O–H groups in total. The van der Waals surface area contributed by atoms with Gasteiger partial charge in [-0.05, 0) is 19.6 Å². The molecule has 0 atom stereocenters. The summed E-state index contributed by atoms with van der Waals surface area (Å²) in [5.74, 6) is 1.36. The minimum Gasteiger partial charge on any atom is -0.459 e. The smallest absolute Gasteiger partial charge is 0.459 e. The van der Waals surface area contributed by atoms with Crippen LogP contribution in [0.1, 0.15) is 13.8 Å². The highest BCUT2D eigenvalue weighted by Gasteiger charge is 2.37. The van der Waals surface area contributed by atoms with Crippen LogP contribution in [0.25, 0.3) is 0 Å². The Balaban J connectivity index is 4.19. The van der Waals surface area contributed by atoms with E-state index in [0.717, 1.165) is 16.8 Å². The van der Waals surface area contributed by atoms with Crippen molar-refractivity contribution >= 4 is 26.5 Å². The van der Waals surface area contributed by atoms with Gasteiger partial charge in [-0.3, -0.25) is 4.79 Å². The van der Waals surface area contributed by atoms with E-state index in [-0.39, 0.29) is 5.97 Å². The van der Waals surface area contributed by atoms with Crippen molar-refractivity contribution in [2.24, 2.45) is 5.41 Å². The number of esters is 1. The first-order chi connectivity index (χ1) is 10.5. The maximum absolute atomic E-state index is 12.2. The zero-order chi connectivity index (χ0) is 18.1. The van der Waals surface area contributed by atoms with Gasteiger partial charge in [0.05, 0.1) is 26.6 Å². The average molecular weight is 369 g/mol. The zero-order valence-corrected chi connectivity index (χ0v) is 17.7. The Morgan fingerprint density at radius 3 is 2.04 bits per heavy atom. The molecule has 0 heterocycles. The molecule has 23 heavy (non-hydrogen) atoms. The highest BCUT2D eigenvalue weighted by atomic mass is 32.2. The summed E-state index contributed by atoms with van der Waals surface area (Å²) in [6.45, 7) is 5.09. The van der Waals surface area contributed by atoms with Crippen molar-refractivity contribution in [3.8, 4) is 0 Å². The molecule has 0 spiro atoms. The second kappa shape index (κ2) is 10.0. The fourth-order valence-electron chi connectivity index (χ4n) is 1.75. The number of carbonyl (C=O) groups excluding carboxylic acids is 1. The van der Waals surface area contributed by atoms with Crippen LogP contribution in [0.3, 0.4) is 0 Å². The molecule has 0 rings (SSSR count). The number of likely N-dealkylation sites (N-methyl/N-ethyl adjacent to an activating group) is 1. The predicted octanol–water partition coefficient (Wildman–Crippen LogP) is 1.87. The Labute approximate surface area is 146 Å². The van der Waals surface area contributed by atoms with E-state index >= 15 is 0 Å². The van der Waals surface area contributed by atoms with E-state index in [1.165, 1.54) is 0 Å². The van der Waals surface area contributed by atoms with Gasteiger partial charge < -0.3 is 22.5 Å². The van der Waals surface area contributed by atoms with E-state index in [0.29, 0.717) is 18.4 Å². The van der Waals surface area contributed by atoms with Crippen molar-refractivity contribution in [1.29, 1.82) is 0 Å². The molecule has 0 fully saturated rings. The van der Waals surface area contributed by atoms with E-state index in [2.05, 4.69) is 21.1 Å². The Kier molecular flexibility index (Phi) is 9.95. The quantitative estimate of drug-likeness (QED) is 0.227. The number of thioether (sulfide) groups is 1. The number of nitrogens with zero attached hydrogens (tertiary/aromatic N) is 1. The average Bonchev–Trinajstić information content (AvgIpc) is 2.47. The van der Waals surface area contributed by atoms with Gasteiger partial charge in [0.1, 0.15) is 13.2 Å². The first-order valence-electron chi connectivity index (χ1n) is 7.73. The molecule has 0 aromatic rings. The van der Waals surface area contributed by atoms with Gasteiger partial charge in [-0.2, -0.15) is 11.8 Å². The summed E-state index contributed by atoms with van der Waals surface area (Å²) in [6, 6.07) is 0.716. The van der Waals surface area contributed by atoms with Crippen LogP contribution in [-0.2, 0) is 22.8 Å². The summed E-state index contributed by atoms with van der Waals surface area (Å²) < 4.78 is 22.4. The molecular weight excluding hydrogens is 334 g/mol. The number of rotatable bonds is 12. The second-order valence-electron chi connectivity index (χ2n) is 7.13. The van der Waals surface area contributed by atoms with Crippen LogP contribution in [0.2, 0.25) is 6.04 Å². The van der Waals surface area contributed by atoms with E-state index in [9.17, 15) is 4.79 Å². The van der Waals surface area contributed by atoms with Crippen LogP contribution >= 0.6 is 11.8 Å². The van der Waals surface area contributed by atoms with Crippen LogP contribution in [0.5, 0.6) is 0 Å². The third-order valence-electron chi connectivity index (χ3n) is 3.50. The molecule has 6 nitrogen and oxygen atoms in total. The molecule has 8 heteroatoms. The normalized spacial score (nSPS) is 13.2. The molecule has 0 bridgehead atoms. The van der Waals surface area contributed by atoms with E-state index < -0.39 is 14.2 Å². The highest BCUT2D eigenvalue weighted by Crippen LogP contribution is 2.26. The van der Waals surface area contributed by atoms with Gasteiger partial charge in [0.15, 0.2) is 0 Å². The van der Waals surface area contributed by atoms with Gasteiger partial charge in [-0.25, -0.2) is 0 Å². The summed E-state index contributed by atoms with van der Waals surface area (Å²) in [7, 11) is 8.54. The SMILES string of the molecule is CO[Si](CCSCC(C)(C)C(=O)OCC[N+](C)(C)C)(OC)OC. The standard InChI is InChI=1S/C15H34NO5SSi/c1-15(2,14(17)21-10-9-16(3,4)5)13-22-11-12-23(18-6,19-7)20-8/h9-13H2,1-8H3/q+1. The summed E-state index contributed by atoms with van der Waals surface area (Å²) >= 11 is 1.69. The Hall–Kier alpha value is -0.123. The topological polar surface area (TPSA) is 54.0 Å². The number of quaternary nitrogens is 1. The van der Waals surface area contributed by atoms with Gasteiger partial charge in [-0.1, -0.05) is 0 Å². The van der Waals surface area contributed by atoms with Crippen molar-refractivity contribution in [2.45, 2.75) is 19.9 Å². The molecule has 138 valence electrons. The van der Waals surface area contributed by atoms with Crippen LogP contribution in [0.15, 0.2) is 0 Å². The van der Waals surface area contributed by atoms with Crippen LogP contribution in [0, 0.1) is 5.41 Å². The summed E-state index contributed by atoms with van der Waals surface area (Å²) in [5, 5.41) is 0. The van der Waals surface area contributed by atoms with Crippen LogP contribution in [-0.4, -0.2) is 86.4 Å².